The minimum atomic E-state index is -1.30. The molecule has 178 valence electrons. The van der Waals surface area contributed by atoms with Gasteiger partial charge in [0, 0.05) is 35.2 Å². The normalized spacial score (nSPS) is 12.8. The van der Waals surface area contributed by atoms with E-state index in [-0.39, 0.29) is 17.4 Å². The smallest absolute Gasteiger partial charge is 0.322 e. The van der Waals surface area contributed by atoms with Crippen LogP contribution in [0.15, 0.2) is 23.0 Å². The van der Waals surface area contributed by atoms with E-state index in [1.165, 1.54) is 18.6 Å². The first-order chi connectivity index (χ1) is 16.2. The summed E-state index contributed by atoms with van der Waals surface area (Å²) in [5.74, 6) is -2.43. The molecule has 2 aromatic heterocycles. The predicted octanol–water partition coefficient (Wildman–Crippen LogP) is 0.492. The van der Waals surface area contributed by atoms with Gasteiger partial charge in [-0.3, -0.25) is 23.6 Å². The molecule has 4 rings (SSSR count). The highest BCUT2D eigenvalue weighted by molar-refractivity contribution is 7.17. The lowest BCUT2D eigenvalue weighted by atomic mass is 10.1. The van der Waals surface area contributed by atoms with Gasteiger partial charge < -0.3 is 29.9 Å². The van der Waals surface area contributed by atoms with Crippen LogP contribution in [0.25, 0.3) is 4.96 Å². The molecule has 0 aliphatic carbocycles. The van der Waals surface area contributed by atoms with Gasteiger partial charge >= 0.3 is 5.97 Å². The summed E-state index contributed by atoms with van der Waals surface area (Å²) in [5.41, 5.74) is -0.482. The second-order valence-corrected chi connectivity index (χ2v) is 8.42. The Hall–Kier alpha value is -4.13. The van der Waals surface area contributed by atoms with Crippen molar-refractivity contribution in [2.45, 2.75) is 13.0 Å². The Morgan fingerprint density at radius 3 is 2.47 bits per heavy atom. The first-order valence-corrected chi connectivity index (χ1v) is 10.8. The van der Waals surface area contributed by atoms with E-state index in [0.29, 0.717) is 40.6 Å². The van der Waals surface area contributed by atoms with Crippen molar-refractivity contribution in [3.05, 3.63) is 50.3 Å². The topological polar surface area (TPSA) is 160 Å². The van der Waals surface area contributed by atoms with Gasteiger partial charge in [-0.2, -0.15) is 4.98 Å². The molecule has 0 bridgehead atoms. The number of carbonyl (C=O) groups is 3. The lowest BCUT2D eigenvalue weighted by molar-refractivity contribution is -0.135. The Morgan fingerprint density at radius 1 is 1.18 bits per heavy atom. The zero-order valence-corrected chi connectivity index (χ0v) is 19.0. The number of ether oxygens (including phenoxy) is 2. The van der Waals surface area contributed by atoms with Crippen LogP contribution in [-0.4, -0.2) is 69.6 Å². The molecule has 0 spiro atoms. The molecule has 0 saturated carbocycles. The van der Waals surface area contributed by atoms with Crippen LogP contribution in [0.4, 0.5) is 0 Å². The monoisotopic (exact) mass is 488 g/mol. The Balaban J connectivity index is 1.67. The van der Waals surface area contributed by atoms with Crippen LogP contribution >= 0.6 is 11.3 Å². The van der Waals surface area contributed by atoms with E-state index in [1.807, 2.05) is 0 Å². The number of methoxy groups -OCH3 is 2. The molecule has 1 aliphatic rings. The van der Waals surface area contributed by atoms with Gasteiger partial charge in [0.05, 0.1) is 20.8 Å². The molecule has 13 heteroatoms. The molecule has 0 radical (unpaired) electrons. The third kappa shape index (κ3) is 4.12. The van der Waals surface area contributed by atoms with Gasteiger partial charge in [0.2, 0.25) is 10.8 Å². The van der Waals surface area contributed by atoms with Crippen LogP contribution in [0.1, 0.15) is 31.3 Å². The molecule has 3 heterocycles. The molecule has 0 unspecified atom stereocenters. The van der Waals surface area contributed by atoms with Crippen molar-refractivity contribution in [3.63, 3.8) is 0 Å². The largest absolute Gasteiger partial charge is 0.497 e. The summed E-state index contributed by atoms with van der Waals surface area (Å²) in [5, 5.41) is 20.9. The van der Waals surface area contributed by atoms with Crippen molar-refractivity contribution in [3.8, 4) is 17.4 Å². The van der Waals surface area contributed by atoms with Gasteiger partial charge in [-0.15, -0.1) is 0 Å². The van der Waals surface area contributed by atoms with Crippen molar-refractivity contribution in [1.29, 1.82) is 0 Å². The summed E-state index contributed by atoms with van der Waals surface area (Å²) in [6.45, 7) is -0.220. The average molecular weight is 488 g/mol. The number of thiazole rings is 1. The number of amides is 2. The number of carbonyl (C=O) groups excluding carboxylic acids is 2. The highest BCUT2D eigenvalue weighted by Crippen LogP contribution is 2.30. The highest BCUT2D eigenvalue weighted by Gasteiger charge is 2.29. The lowest BCUT2D eigenvalue weighted by Gasteiger charge is -2.27. The van der Waals surface area contributed by atoms with E-state index in [1.54, 1.807) is 23.1 Å². The van der Waals surface area contributed by atoms with E-state index in [2.05, 4.69) is 10.3 Å². The molecular weight excluding hydrogens is 468 g/mol. The zero-order chi connectivity index (χ0) is 24.6. The summed E-state index contributed by atoms with van der Waals surface area (Å²) >= 11 is 1.12. The molecule has 0 saturated heterocycles. The van der Waals surface area contributed by atoms with Crippen LogP contribution in [0.5, 0.6) is 17.4 Å². The molecule has 1 aliphatic heterocycles. The maximum atomic E-state index is 13.1. The number of benzene rings is 1. The number of rotatable bonds is 6. The lowest BCUT2D eigenvalue weighted by Crippen LogP contribution is -2.37. The number of aromatic nitrogens is 2. The number of nitrogens with zero attached hydrogens (tertiary/aromatic N) is 3. The van der Waals surface area contributed by atoms with E-state index in [0.717, 1.165) is 11.3 Å². The highest BCUT2D eigenvalue weighted by atomic mass is 32.1. The van der Waals surface area contributed by atoms with E-state index < -0.39 is 35.4 Å². The van der Waals surface area contributed by atoms with E-state index >= 15 is 0 Å². The summed E-state index contributed by atoms with van der Waals surface area (Å²) in [7, 11) is 2.98. The van der Waals surface area contributed by atoms with E-state index in [9.17, 15) is 24.3 Å². The van der Waals surface area contributed by atoms with Gasteiger partial charge in [-0.25, -0.2) is 0 Å². The molecule has 3 N–H and O–H groups in total. The Labute approximate surface area is 196 Å². The first kappa shape index (κ1) is 23.0. The number of carboxylic acid groups (broad SMARTS) is 1. The third-order valence-corrected chi connectivity index (χ3v) is 6.37. The van der Waals surface area contributed by atoms with Crippen molar-refractivity contribution in [1.82, 2.24) is 19.6 Å². The molecule has 0 atom stereocenters. The minimum absolute atomic E-state index is 0.166. The molecule has 2 amide bonds. The van der Waals surface area contributed by atoms with Crippen molar-refractivity contribution >= 4 is 34.1 Å². The third-order valence-electron chi connectivity index (χ3n) is 5.31. The van der Waals surface area contributed by atoms with Crippen LogP contribution < -0.4 is 20.3 Å². The summed E-state index contributed by atoms with van der Waals surface area (Å²) in [6, 6.07) is 4.88. The van der Waals surface area contributed by atoms with Crippen molar-refractivity contribution < 1.29 is 34.1 Å². The molecule has 1 aromatic carbocycles. The maximum absolute atomic E-state index is 13.1. The van der Waals surface area contributed by atoms with Crippen molar-refractivity contribution in [2.75, 3.05) is 27.3 Å². The van der Waals surface area contributed by atoms with Crippen molar-refractivity contribution in [2.24, 2.45) is 0 Å². The number of aromatic hydroxyl groups is 1. The predicted molar refractivity (Wildman–Crippen MR) is 119 cm³/mol. The molecule has 0 fully saturated rings. The number of fused-ring (bicyclic) bond motifs is 3. The van der Waals surface area contributed by atoms with Gasteiger partial charge in [0.15, 0.2) is 5.56 Å². The van der Waals surface area contributed by atoms with Crippen LogP contribution in [0.3, 0.4) is 0 Å². The molecule has 34 heavy (non-hydrogen) atoms. The number of carboxylic acids is 1. The number of nitrogens with one attached hydrogen (secondary N) is 1. The van der Waals surface area contributed by atoms with Gasteiger partial charge in [0.25, 0.3) is 17.4 Å². The Bertz CT molecular complexity index is 1360. The van der Waals surface area contributed by atoms with Crippen LogP contribution in [0.2, 0.25) is 0 Å². The van der Waals surface area contributed by atoms with E-state index in [4.69, 9.17) is 14.6 Å². The zero-order valence-electron chi connectivity index (χ0n) is 18.2. The van der Waals surface area contributed by atoms with Crippen LogP contribution in [-0.2, 0) is 17.8 Å². The molecule has 12 nitrogen and oxygen atoms in total. The summed E-state index contributed by atoms with van der Waals surface area (Å²) in [6.07, 6.45) is 0.310. The fourth-order valence-corrected chi connectivity index (χ4v) is 4.86. The quantitative estimate of drug-likeness (QED) is 0.449. The maximum Gasteiger partial charge on any atom is 0.322 e. The van der Waals surface area contributed by atoms with Crippen LogP contribution in [0, 0.1) is 0 Å². The second kappa shape index (κ2) is 9.02. The SMILES string of the molecule is COc1cc(OC)cc(C(=O)N2CCc3c(sc4nc(O)c(C(=O)NCC(=O)O)c(=O)n34)C2)c1. The number of aliphatic carboxylic acids is 1. The number of hydrogen-bond acceptors (Lipinski definition) is 9. The fourth-order valence-electron chi connectivity index (χ4n) is 3.69. The average Bonchev–Trinajstić information content (AvgIpc) is 3.19. The molecule has 3 aromatic rings. The minimum Gasteiger partial charge on any atom is -0.497 e. The standard InChI is InChI=1S/C21H20N4O8S/c1-32-11-5-10(6-12(7-11)33-2)19(30)24-4-3-13-14(9-24)34-21-23-18(29)16(20(31)25(13)21)17(28)22-8-15(26)27/h5-7,29H,3-4,8-9H2,1-2H3,(H,22,28)(H,26,27). The van der Waals surface area contributed by atoms with Gasteiger partial charge in [-0.1, -0.05) is 11.3 Å². The summed E-state index contributed by atoms with van der Waals surface area (Å²) in [4.78, 5) is 55.5. The Kier molecular flexibility index (Phi) is 6.11. The second-order valence-electron chi connectivity index (χ2n) is 7.36. The molecular formula is C21H20N4O8S. The fraction of sp³-hybridized carbons (Fsp3) is 0.286. The van der Waals surface area contributed by atoms with Gasteiger partial charge in [0.1, 0.15) is 18.0 Å². The Morgan fingerprint density at radius 2 is 1.85 bits per heavy atom. The first-order valence-electron chi connectivity index (χ1n) is 10.0. The van der Waals surface area contributed by atoms with Gasteiger partial charge in [-0.05, 0) is 12.1 Å². The number of hydrogen-bond donors (Lipinski definition) is 3. The summed E-state index contributed by atoms with van der Waals surface area (Å²) < 4.78 is 11.7.